The van der Waals surface area contributed by atoms with Crippen molar-refractivity contribution in [2.75, 3.05) is 0 Å². The van der Waals surface area contributed by atoms with Crippen molar-refractivity contribution in [2.24, 2.45) is 11.7 Å². The van der Waals surface area contributed by atoms with E-state index >= 15 is 0 Å². The third kappa shape index (κ3) is 2.80. The molecule has 0 bridgehead atoms. The highest BCUT2D eigenvalue weighted by Gasteiger charge is 2.20. The summed E-state index contributed by atoms with van der Waals surface area (Å²) < 4.78 is 0. The van der Waals surface area contributed by atoms with Gasteiger partial charge in [-0.1, -0.05) is 25.7 Å². The van der Waals surface area contributed by atoms with Crippen molar-refractivity contribution < 1.29 is 5.11 Å². The summed E-state index contributed by atoms with van der Waals surface area (Å²) in [6.45, 7) is 1.87. The van der Waals surface area contributed by atoms with E-state index in [0.717, 1.165) is 12.3 Å². The average Bonchev–Trinajstić information content (AvgIpc) is 2.39. The maximum absolute atomic E-state index is 9.46. The molecule has 0 saturated heterocycles. The van der Waals surface area contributed by atoms with Crippen LogP contribution in [0.5, 0.6) is 0 Å². The number of nitrogens with two attached hydrogens (primary N) is 1. The summed E-state index contributed by atoms with van der Waals surface area (Å²) >= 11 is 0. The summed E-state index contributed by atoms with van der Waals surface area (Å²) in [4.78, 5) is 0. The van der Waals surface area contributed by atoms with Crippen LogP contribution in [0.25, 0.3) is 0 Å². The minimum atomic E-state index is -0.280. The number of aliphatic hydroxyl groups excluding tert-OH is 1. The smallest absolute Gasteiger partial charge is 0.0691 e. The van der Waals surface area contributed by atoms with Gasteiger partial charge in [0.05, 0.1) is 6.10 Å². The first kappa shape index (κ1) is 9.01. The topological polar surface area (TPSA) is 46.2 Å². The Balaban J connectivity index is 2.18. The van der Waals surface area contributed by atoms with Crippen molar-refractivity contribution in [3.63, 3.8) is 0 Å². The molecule has 1 fully saturated rings. The van der Waals surface area contributed by atoms with E-state index in [4.69, 9.17) is 5.73 Å². The highest BCUT2D eigenvalue weighted by Crippen LogP contribution is 2.28. The van der Waals surface area contributed by atoms with Crippen LogP contribution in [0.1, 0.15) is 39.0 Å². The molecule has 11 heavy (non-hydrogen) atoms. The average molecular weight is 157 g/mol. The molecule has 0 aliphatic heterocycles. The third-order valence-electron chi connectivity index (χ3n) is 2.66. The monoisotopic (exact) mass is 157 g/mol. The molecule has 0 spiro atoms. The van der Waals surface area contributed by atoms with Crippen molar-refractivity contribution in [1.82, 2.24) is 0 Å². The predicted octanol–water partition coefficient (Wildman–Crippen LogP) is 1.27. The number of hydrogen-bond donors (Lipinski definition) is 2. The van der Waals surface area contributed by atoms with Crippen molar-refractivity contribution in [2.45, 2.75) is 51.2 Å². The highest BCUT2D eigenvalue weighted by atomic mass is 16.3. The minimum absolute atomic E-state index is 0.0596. The van der Waals surface area contributed by atoms with Gasteiger partial charge in [0.25, 0.3) is 0 Å². The van der Waals surface area contributed by atoms with Crippen LogP contribution in [0.15, 0.2) is 0 Å². The second-order valence-corrected chi connectivity index (χ2v) is 3.81. The summed E-state index contributed by atoms with van der Waals surface area (Å²) in [5, 5.41) is 9.46. The van der Waals surface area contributed by atoms with Crippen LogP contribution < -0.4 is 5.73 Å². The van der Waals surface area contributed by atoms with Crippen LogP contribution in [0.3, 0.4) is 0 Å². The maximum atomic E-state index is 9.46. The molecule has 2 nitrogen and oxygen atoms in total. The van der Waals surface area contributed by atoms with Crippen molar-refractivity contribution in [3.8, 4) is 0 Å². The van der Waals surface area contributed by atoms with E-state index in [1.54, 1.807) is 0 Å². The number of aliphatic hydroxyl groups is 1. The van der Waals surface area contributed by atoms with Crippen LogP contribution in [0.4, 0.5) is 0 Å². The molecule has 2 heteroatoms. The van der Waals surface area contributed by atoms with E-state index < -0.39 is 0 Å². The van der Waals surface area contributed by atoms with E-state index in [9.17, 15) is 5.11 Å². The van der Waals surface area contributed by atoms with Crippen molar-refractivity contribution in [3.05, 3.63) is 0 Å². The summed E-state index contributed by atoms with van der Waals surface area (Å²) in [6, 6.07) is -0.0596. The van der Waals surface area contributed by atoms with Crippen molar-refractivity contribution in [1.29, 1.82) is 0 Å². The van der Waals surface area contributed by atoms with Gasteiger partial charge in [0.1, 0.15) is 0 Å². The lowest BCUT2D eigenvalue weighted by Crippen LogP contribution is -2.32. The third-order valence-corrected chi connectivity index (χ3v) is 2.66. The highest BCUT2D eigenvalue weighted by molar-refractivity contribution is 4.74. The van der Waals surface area contributed by atoms with E-state index in [-0.39, 0.29) is 12.1 Å². The van der Waals surface area contributed by atoms with Gasteiger partial charge in [0.15, 0.2) is 0 Å². The van der Waals surface area contributed by atoms with Gasteiger partial charge in [-0.05, 0) is 19.3 Å². The second kappa shape index (κ2) is 4.07. The summed E-state index contributed by atoms with van der Waals surface area (Å²) in [5.74, 6) is 0.746. The fourth-order valence-corrected chi connectivity index (χ4v) is 1.80. The molecule has 0 aromatic heterocycles. The molecule has 2 atom stereocenters. The molecule has 0 radical (unpaired) electrons. The molecule has 0 heterocycles. The van der Waals surface area contributed by atoms with Crippen molar-refractivity contribution >= 4 is 0 Å². The molecule has 0 amide bonds. The van der Waals surface area contributed by atoms with Crippen LogP contribution in [0, 0.1) is 5.92 Å². The zero-order chi connectivity index (χ0) is 8.27. The van der Waals surface area contributed by atoms with Crippen LogP contribution in [-0.4, -0.2) is 17.3 Å². The Labute approximate surface area is 68.8 Å². The van der Waals surface area contributed by atoms with E-state index in [1.165, 1.54) is 25.7 Å². The van der Waals surface area contributed by atoms with E-state index in [1.807, 2.05) is 6.92 Å². The minimum Gasteiger partial charge on any atom is -0.392 e. The van der Waals surface area contributed by atoms with Gasteiger partial charge in [-0.25, -0.2) is 0 Å². The summed E-state index contributed by atoms with van der Waals surface area (Å²) in [7, 11) is 0. The lowest BCUT2D eigenvalue weighted by molar-refractivity contribution is 0.121. The molecule has 0 aromatic carbocycles. The Kier molecular flexibility index (Phi) is 3.34. The molecule has 1 aliphatic carbocycles. The number of hydrogen-bond acceptors (Lipinski definition) is 2. The Morgan fingerprint density at radius 2 is 2.00 bits per heavy atom. The SMILES string of the molecule is C[C@@H](N)C(O)CC1CCCC1. The Hall–Kier alpha value is -0.0800. The molecule has 1 saturated carbocycles. The summed E-state index contributed by atoms with van der Waals surface area (Å²) in [6.07, 6.45) is 5.91. The Bertz CT molecular complexity index is 108. The summed E-state index contributed by atoms with van der Waals surface area (Å²) in [5.41, 5.74) is 5.56. The van der Waals surface area contributed by atoms with Crippen LogP contribution in [-0.2, 0) is 0 Å². The lowest BCUT2D eigenvalue weighted by atomic mass is 9.97. The standard InChI is InChI=1S/C9H19NO/c1-7(10)9(11)6-8-4-2-3-5-8/h7-9,11H,2-6,10H2,1H3/t7-,9?/m1/s1. The molecule has 1 rings (SSSR count). The zero-order valence-electron chi connectivity index (χ0n) is 7.29. The fraction of sp³-hybridized carbons (Fsp3) is 1.00. The Morgan fingerprint density at radius 1 is 1.45 bits per heavy atom. The van der Waals surface area contributed by atoms with Gasteiger partial charge in [-0.2, -0.15) is 0 Å². The number of rotatable bonds is 3. The first-order valence-corrected chi connectivity index (χ1v) is 4.64. The fourth-order valence-electron chi connectivity index (χ4n) is 1.80. The van der Waals surface area contributed by atoms with Gasteiger partial charge in [-0.3, -0.25) is 0 Å². The molecular weight excluding hydrogens is 138 g/mol. The maximum Gasteiger partial charge on any atom is 0.0691 e. The lowest BCUT2D eigenvalue weighted by Gasteiger charge is -2.17. The molecular formula is C9H19NO. The van der Waals surface area contributed by atoms with Gasteiger partial charge in [-0.15, -0.1) is 0 Å². The van der Waals surface area contributed by atoms with Crippen LogP contribution >= 0.6 is 0 Å². The van der Waals surface area contributed by atoms with E-state index in [2.05, 4.69) is 0 Å². The van der Waals surface area contributed by atoms with Gasteiger partial charge < -0.3 is 10.8 Å². The molecule has 0 aromatic rings. The molecule has 66 valence electrons. The second-order valence-electron chi connectivity index (χ2n) is 3.81. The van der Waals surface area contributed by atoms with Crippen LogP contribution in [0.2, 0.25) is 0 Å². The first-order chi connectivity index (χ1) is 5.20. The molecule has 3 N–H and O–H groups in total. The van der Waals surface area contributed by atoms with Gasteiger partial charge in [0, 0.05) is 6.04 Å². The quantitative estimate of drug-likeness (QED) is 0.648. The first-order valence-electron chi connectivity index (χ1n) is 4.64. The van der Waals surface area contributed by atoms with Gasteiger partial charge in [0.2, 0.25) is 0 Å². The molecule has 1 unspecified atom stereocenters. The molecule has 1 aliphatic rings. The largest absolute Gasteiger partial charge is 0.392 e. The normalized spacial score (nSPS) is 25.4. The zero-order valence-corrected chi connectivity index (χ0v) is 7.29. The Morgan fingerprint density at radius 3 is 2.45 bits per heavy atom. The predicted molar refractivity (Wildman–Crippen MR) is 46.2 cm³/mol. The van der Waals surface area contributed by atoms with Gasteiger partial charge >= 0.3 is 0 Å². The van der Waals surface area contributed by atoms with E-state index in [0.29, 0.717) is 0 Å².